The lowest BCUT2D eigenvalue weighted by Gasteiger charge is -2.33. The summed E-state index contributed by atoms with van der Waals surface area (Å²) < 4.78 is 5.42. The van der Waals surface area contributed by atoms with E-state index in [1.165, 1.54) is 29.8 Å². The van der Waals surface area contributed by atoms with Crippen molar-refractivity contribution in [1.82, 2.24) is 10.2 Å². The molecule has 0 radical (unpaired) electrons. The second kappa shape index (κ2) is 9.14. The Morgan fingerprint density at radius 3 is 2.63 bits per heavy atom. The van der Waals surface area contributed by atoms with Gasteiger partial charge >= 0.3 is 0 Å². The molecule has 7 heteroatoms. The number of carbonyl (C=O) groups excluding carboxylic acids is 1. The molecule has 1 saturated heterocycles. The number of nitro groups is 1. The molecule has 1 unspecified atom stereocenters. The fraction of sp³-hybridized carbons (Fsp3) is 0.350. The van der Waals surface area contributed by atoms with Crippen molar-refractivity contribution in [2.45, 2.75) is 25.4 Å². The number of nitro benzene ring substituents is 1. The Kier molecular flexibility index (Phi) is 6.38. The second-order valence-electron chi connectivity index (χ2n) is 6.67. The maximum absolute atomic E-state index is 12.2. The molecule has 1 aliphatic rings. The molecule has 0 spiro atoms. The van der Waals surface area contributed by atoms with E-state index < -0.39 is 4.92 Å². The number of benzene rings is 2. The minimum atomic E-state index is -0.471. The van der Waals surface area contributed by atoms with Gasteiger partial charge in [-0.15, -0.1) is 0 Å². The number of nitrogens with one attached hydrogen (secondary N) is 1. The van der Waals surface area contributed by atoms with Crippen LogP contribution in [0, 0.1) is 10.1 Å². The zero-order chi connectivity index (χ0) is 19.1. The number of piperidine rings is 1. The predicted molar refractivity (Wildman–Crippen MR) is 101 cm³/mol. The highest BCUT2D eigenvalue weighted by molar-refractivity contribution is 5.77. The molecule has 2 aromatic carbocycles. The van der Waals surface area contributed by atoms with Gasteiger partial charge in [-0.25, -0.2) is 0 Å². The summed E-state index contributed by atoms with van der Waals surface area (Å²) in [6, 6.07) is 16.1. The first kappa shape index (κ1) is 18.8. The summed E-state index contributed by atoms with van der Waals surface area (Å²) in [6.45, 7) is 2.62. The van der Waals surface area contributed by atoms with Crippen LogP contribution in [-0.4, -0.2) is 41.5 Å². The molecule has 0 bridgehead atoms. The summed E-state index contributed by atoms with van der Waals surface area (Å²) in [4.78, 5) is 24.7. The van der Waals surface area contributed by atoms with Crippen molar-refractivity contribution in [3.05, 3.63) is 70.3 Å². The van der Waals surface area contributed by atoms with E-state index in [1.54, 1.807) is 0 Å². The molecule has 0 aromatic heterocycles. The topological polar surface area (TPSA) is 84.7 Å². The van der Waals surface area contributed by atoms with Crippen LogP contribution in [0.2, 0.25) is 0 Å². The number of non-ortho nitro benzene ring substituents is 1. The van der Waals surface area contributed by atoms with Gasteiger partial charge in [-0.05, 0) is 37.1 Å². The van der Waals surface area contributed by atoms with Gasteiger partial charge in [0.2, 0.25) is 0 Å². The van der Waals surface area contributed by atoms with E-state index in [4.69, 9.17) is 4.74 Å². The van der Waals surface area contributed by atoms with E-state index in [0.717, 1.165) is 32.5 Å². The van der Waals surface area contributed by atoms with Crippen molar-refractivity contribution in [2.24, 2.45) is 0 Å². The van der Waals surface area contributed by atoms with Crippen molar-refractivity contribution in [3.63, 3.8) is 0 Å². The molecule has 2 aromatic rings. The second-order valence-corrected chi connectivity index (χ2v) is 6.67. The summed E-state index contributed by atoms with van der Waals surface area (Å²) in [5.74, 6) is 0.255. The highest BCUT2D eigenvalue weighted by atomic mass is 16.6. The smallest absolute Gasteiger partial charge is 0.269 e. The molecule has 1 atom stereocenters. The van der Waals surface area contributed by atoms with Crippen LogP contribution in [0.25, 0.3) is 0 Å². The van der Waals surface area contributed by atoms with Crippen molar-refractivity contribution < 1.29 is 14.5 Å². The SMILES string of the molecule is O=C(COc1ccc([N+](=O)[O-])cc1)NC1CCCN(Cc2ccccc2)C1. The van der Waals surface area contributed by atoms with Gasteiger partial charge in [0, 0.05) is 31.3 Å². The number of hydrogen-bond donors (Lipinski definition) is 1. The van der Waals surface area contributed by atoms with Crippen molar-refractivity contribution in [3.8, 4) is 5.75 Å². The molecular weight excluding hydrogens is 346 g/mol. The number of amides is 1. The molecule has 1 amide bonds. The minimum Gasteiger partial charge on any atom is -0.484 e. The van der Waals surface area contributed by atoms with Crippen LogP contribution in [0.15, 0.2) is 54.6 Å². The highest BCUT2D eigenvalue weighted by Crippen LogP contribution is 2.17. The molecule has 1 N–H and O–H groups in total. The Labute approximate surface area is 158 Å². The van der Waals surface area contributed by atoms with Gasteiger partial charge in [0.05, 0.1) is 4.92 Å². The van der Waals surface area contributed by atoms with E-state index in [2.05, 4.69) is 22.3 Å². The third-order valence-corrected chi connectivity index (χ3v) is 4.54. The lowest BCUT2D eigenvalue weighted by Crippen LogP contribution is -2.48. The van der Waals surface area contributed by atoms with Crippen molar-refractivity contribution >= 4 is 11.6 Å². The normalized spacial score (nSPS) is 17.3. The minimum absolute atomic E-state index is 0.00693. The molecule has 3 rings (SSSR count). The molecule has 0 aliphatic carbocycles. The first-order valence-electron chi connectivity index (χ1n) is 9.03. The number of rotatable bonds is 7. The zero-order valence-corrected chi connectivity index (χ0v) is 15.0. The number of carbonyl (C=O) groups is 1. The predicted octanol–water partition coefficient (Wildman–Crippen LogP) is 2.75. The maximum atomic E-state index is 12.2. The molecule has 7 nitrogen and oxygen atoms in total. The molecule has 27 heavy (non-hydrogen) atoms. The summed E-state index contributed by atoms with van der Waals surface area (Å²) in [5.41, 5.74) is 1.26. The number of ether oxygens (including phenoxy) is 1. The van der Waals surface area contributed by atoms with Gasteiger partial charge < -0.3 is 10.1 Å². The third kappa shape index (κ3) is 5.79. The summed E-state index contributed by atoms with van der Waals surface area (Å²) in [6.07, 6.45) is 2.00. The van der Waals surface area contributed by atoms with Gasteiger partial charge in [-0.1, -0.05) is 30.3 Å². The third-order valence-electron chi connectivity index (χ3n) is 4.54. The first-order chi connectivity index (χ1) is 13.1. The number of likely N-dealkylation sites (tertiary alicyclic amines) is 1. The Bertz CT molecular complexity index is 765. The average Bonchev–Trinajstić information content (AvgIpc) is 2.68. The van der Waals surface area contributed by atoms with Crippen molar-refractivity contribution in [1.29, 1.82) is 0 Å². The van der Waals surface area contributed by atoms with Crippen LogP contribution < -0.4 is 10.1 Å². The van der Waals surface area contributed by atoms with E-state index in [9.17, 15) is 14.9 Å². The van der Waals surface area contributed by atoms with Crippen LogP contribution in [0.4, 0.5) is 5.69 Å². The van der Waals surface area contributed by atoms with Gasteiger partial charge in [0.15, 0.2) is 6.61 Å². The number of nitrogens with zero attached hydrogens (tertiary/aromatic N) is 2. The van der Waals surface area contributed by atoms with E-state index in [1.807, 2.05) is 18.2 Å². The van der Waals surface area contributed by atoms with E-state index in [0.29, 0.717) is 5.75 Å². The van der Waals surface area contributed by atoms with Gasteiger partial charge in [-0.3, -0.25) is 19.8 Å². The molecule has 142 valence electrons. The number of hydrogen-bond acceptors (Lipinski definition) is 5. The van der Waals surface area contributed by atoms with Crippen LogP contribution in [0.1, 0.15) is 18.4 Å². The largest absolute Gasteiger partial charge is 0.484 e. The Morgan fingerprint density at radius 1 is 1.19 bits per heavy atom. The first-order valence-corrected chi connectivity index (χ1v) is 9.03. The van der Waals surface area contributed by atoms with Crippen LogP contribution >= 0.6 is 0 Å². The quantitative estimate of drug-likeness (QED) is 0.599. The summed E-state index contributed by atoms with van der Waals surface area (Å²) in [5, 5.41) is 13.7. The summed E-state index contributed by atoms with van der Waals surface area (Å²) >= 11 is 0. The Hall–Kier alpha value is -2.93. The fourth-order valence-corrected chi connectivity index (χ4v) is 3.24. The highest BCUT2D eigenvalue weighted by Gasteiger charge is 2.21. The molecule has 1 aliphatic heterocycles. The van der Waals surface area contributed by atoms with Gasteiger partial charge in [0.1, 0.15) is 5.75 Å². The van der Waals surface area contributed by atoms with Gasteiger partial charge in [-0.2, -0.15) is 0 Å². The molecule has 1 fully saturated rings. The Balaban J connectivity index is 1.43. The molecule has 0 saturated carbocycles. The van der Waals surface area contributed by atoms with Crippen LogP contribution in [0.5, 0.6) is 5.75 Å². The fourth-order valence-electron chi connectivity index (χ4n) is 3.24. The lowest BCUT2D eigenvalue weighted by molar-refractivity contribution is -0.384. The monoisotopic (exact) mass is 369 g/mol. The summed E-state index contributed by atoms with van der Waals surface area (Å²) in [7, 11) is 0. The Morgan fingerprint density at radius 2 is 1.93 bits per heavy atom. The van der Waals surface area contributed by atoms with Crippen LogP contribution in [0.3, 0.4) is 0 Å². The molecule has 1 heterocycles. The van der Waals surface area contributed by atoms with E-state index in [-0.39, 0.29) is 24.2 Å². The van der Waals surface area contributed by atoms with E-state index >= 15 is 0 Å². The lowest BCUT2D eigenvalue weighted by atomic mass is 10.0. The maximum Gasteiger partial charge on any atom is 0.269 e. The average molecular weight is 369 g/mol. The molecular formula is C20H23N3O4. The van der Waals surface area contributed by atoms with Crippen LogP contribution in [-0.2, 0) is 11.3 Å². The standard InChI is InChI=1S/C20H23N3O4/c24-20(15-27-19-10-8-18(9-11-19)23(25)26)21-17-7-4-12-22(14-17)13-16-5-2-1-3-6-16/h1-3,5-6,8-11,17H,4,7,12-15H2,(H,21,24). The zero-order valence-electron chi connectivity index (χ0n) is 15.0. The van der Waals surface area contributed by atoms with Crippen molar-refractivity contribution in [2.75, 3.05) is 19.7 Å². The van der Waals surface area contributed by atoms with Gasteiger partial charge in [0.25, 0.3) is 11.6 Å².